The second-order valence-electron chi connectivity index (χ2n) is 11.5. The standard InChI is InChI=1S/2C17H36O/c2*1-3-5-7-9-11-13-15-17(18)16-14-12-10-8-6-4-2/h2*17-18H,3-16H2,1-2H3. The van der Waals surface area contributed by atoms with E-state index in [0.717, 1.165) is 25.7 Å². The Morgan fingerprint density at radius 1 is 0.278 bits per heavy atom. The highest BCUT2D eigenvalue weighted by atomic mass is 16.3. The topological polar surface area (TPSA) is 40.5 Å². The molecule has 0 saturated carbocycles. The SMILES string of the molecule is CCCCCCCCC(O)CCCCCCCC.CCCCCCCCC(O)CCCCCCCC. The van der Waals surface area contributed by atoms with E-state index in [1.54, 1.807) is 0 Å². The largest absolute Gasteiger partial charge is 0.393 e. The van der Waals surface area contributed by atoms with Gasteiger partial charge in [0, 0.05) is 0 Å². The van der Waals surface area contributed by atoms with E-state index in [4.69, 9.17) is 0 Å². The lowest BCUT2D eigenvalue weighted by Crippen LogP contribution is -2.05. The molecule has 2 nitrogen and oxygen atoms in total. The van der Waals surface area contributed by atoms with Gasteiger partial charge in [-0.2, -0.15) is 0 Å². The second-order valence-corrected chi connectivity index (χ2v) is 11.5. The molecule has 220 valence electrons. The van der Waals surface area contributed by atoms with Crippen molar-refractivity contribution >= 4 is 0 Å². The summed E-state index contributed by atoms with van der Waals surface area (Å²) in [6.45, 7) is 9.02. The summed E-state index contributed by atoms with van der Waals surface area (Å²) in [6, 6.07) is 0. The summed E-state index contributed by atoms with van der Waals surface area (Å²) in [4.78, 5) is 0. The maximum absolute atomic E-state index is 9.85. The Morgan fingerprint density at radius 2 is 0.444 bits per heavy atom. The van der Waals surface area contributed by atoms with Crippen molar-refractivity contribution in [3.8, 4) is 0 Å². The smallest absolute Gasteiger partial charge is 0.0540 e. The molecule has 0 spiro atoms. The van der Waals surface area contributed by atoms with Gasteiger partial charge in [-0.25, -0.2) is 0 Å². The summed E-state index contributed by atoms with van der Waals surface area (Å²) in [7, 11) is 0. The summed E-state index contributed by atoms with van der Waals surface area (Å²) in [5.74, 6) is 0. The van der Waals surface area contributed by atoms with E-state index in [1.807, 2.05) is 0 Å². The highest BCUT2D eigenvalue weighted by Gasteiger charge is 2.04. The maximum Gasteiger partial charge on any atom is 0.0540 e. The Bertz CT molecular complexity index is 291. The third kappa shape index (κ3) is 36.1. The molecule has 0 rings (SSSR count). The van der Waals surface area contributed by atoms with Crippen molar-refractivity contribution in [2.75, 3.05) is 0 Å². The van der Waals surface area contributed by atoms with Crippen molar-refractivity contribution in [1.82, 2.24) is 0 Å². The predicted octanol–water partition coefficient (Wildman–Crippen LogP) is 11.7. The van der Waals surface area contributed by atoms with Gasteiger partial charge in [0.05, 0.1) is 12.2 Å². The van der Waals surface area contributed by atoms with Gasteiger partial charge in [-0.3, -0.25) is 0 Å². The number of aliphatic hydroxyl groups is 2. The molecule has 0 aliphatic heterocycles. The van der Waals surface area contributed by atoms with Crippen molar-refractivity contribution in [2.24, 2.45) is 0 Å². The van der Waals surface area contributed by atoms with Crippen LogP contribution in [-0.4, -0.2) is 22.4 Å². The Hall–Kier alpha value is -0.0800. The van der Waals surface area contributed by atoms with Crippen molar-refractivity contribution in [3.63, 3.8) is 0 Å². The molecule has 0 fully saturated rings. The molecule has 2 N–H and O–H groups in total. The monoisotopic (exact) mass is 513 g/mol. The fourth-order valence-electron chi connectivity index (χ4n) is 4.93. The number of hydrogen-bond acceptors (Lipinski definition) is 2. The van der Waals surface area contributed by atoms with Gasteiger partial charge in [0.1, 0.15) is 0 Å². The fraction of sp³-hybridized carbons (Fsp3) is 1.00. The van der Waals surface area contributed by atoms with Crippen LogP contribution in [0.5, 0.6) is 0 Å². The van der Waals surface area contributed by atoms with Crippen molar-refractivity contribution < 1.29 is 10.2 Å². The zero-order valence-electron chi connectivity index (χ0n) is 25.8. The number of hydrogen-bond donors (Lipinski definition) is 2. The van der Waals surface area contributed by atoms with Crippen LogP contribution in [0.1, 0.15) is 207 Å². The highest BCUT2D eigenvalue weighted by Crippen LogP contribution is 2.15. The Kier molecular flexibility index (Phi) is 36.9. The molecule has 0 atom stereocenters. The van der Waals surface area contributed by atoms with Crippen LogP contribution in [0.3, 0.4) is 0 Å². The molecule has 0 aliphatic rings. The van der Waals surface area contributed by atoms with Gasteiger partial charge < -0.3 is 10.2 Å². The minimum atomic E-state index is -0.0256. The van der Waals surface area contributed by atoms with Gasteiger partial charge in [0.15, 0.2) is 0 Å². The van der Waals surface area contributed by atoms with Crippen LogP contribution in [0.2, 0.25) is 0 Å². The van der Waals surface area contributed by atoms with Crippen LogP contribution < -0.4 is 0 Å². The first-order chi connectivity index (χ1) is 17.6. The molecular formula is C34H72O2. The van der Waals surface area contributed by atoms with Crippen LogP contribution >= 0.6 is 0 Å². The Balaban J connectivity index is 0. The second kappa shape index (κ2) is 34.9. The Labute approximate surface area is 229 Å². The molecule has 0 aromatic carbocycles. The van der Waals surface area contributed by atoms with E-state index in [1.165, 1.54) is 154 Å². The lowest BCUT2D eigenvalue weighted by Gasteiger charge is -2.10. The number of aliphatic hydroxyl groups excluding tert-OH is 2. The summed E-state index contributed by atoms with van der Waals surface area (Å²) in [5.41, 5.74) is 0. The zero-order valence-corrected chi connectivity index (χ0v) is 25.8. The summed E-state index contributed by atoms with van der Waals surface area (Å²) < 4.78 is 0. The quantitative estimate of drug-likeness (QED) is 0.102. The van der Waals surface area contributed by atoms with E-state index in [0.29, 0.717) is 0 Å². The van der Waals surface area contributed by atoms with Gasteiger partial charge in [0.25, 0.3) is 0 Å². The molecule has 0 saturated heterocycles. The molecular weight excluding hydrogens is 440 g/mol. The molecule has 0 amide bonds. The van der Waals surface area contributed by atoms with Gasteiger partial charge in [-0.1, -0.05) is 182 Å². The first kappa shape index (κ1) is 38.1. The zero-order chi connectivity index (χ0) is 27.0. The third-order valence-corrected chi connectivity index (χ3v) is 7.56. The lowest BCUT2D eigenvalue weighted by atomic mass is 10.0. The van der Waals surface area contributed by atoms with Gasteiger partial charge in [-0.05, 0) is 25.7 Å². The van der Waals surface area contributed by atoms with E-state index in [9.17, 15) is 10.2 Å². The summed E-state index contributed by atoms with van der Waals surface area (Å²) in [6.07, 6.45) is 35.9. The van der Waals surface area contributed by atoms with Crippen LogP contribution in [0, 0.1) is 0 Å². The predicted molar refractivity (Wildman–Crippen MR) is 164 cm³/mol. The van der Waals surface area contributed by atoms with Crippen LogP contribution in [-0.2, 0) is 0 Å². The molecule has 2 heteroatoms. The lowest BCUT2D eigenvalue weighted by molar-refractivity contribution is 0.146. The normalized spacial score (nSPS) is 11.3. The minimum Gasteiger partial charge on any atom is -0.393 e. The van der Waals surface area contributed by atoms with Crippen LogP contribution in [0.4, 0.5) is 0 Å². The highest BCUT2D eigenvalue weighted by molar-refractivity contribution is 4.58. The maximum atomic E-state index is 9.85. The molecule has 0 aliphatic carbocycles. The van der Waals surface area contributed by atoms with Gasteiger partial charge in [-0.15, -0.1) is 0 Å². The Morgan fingerprint density at radius 3 is 0.639 bits per heavy atom. The van der Waals surface area contributed by atoms with Crippen LogP contribution in [0.25, 0.3) is 0 Å². The summed E-state index contributed by atoms with van der Waals surface area (Å²) in [5, 5.41) is 19.7. The van der Waals surface area contributed by atoms with E-state index in [2.05, 4.69) is 27.7 Å². The van der Waals surface area contributed by atoms with Gasteiger partial charge in [0.2, 0.25) is 0 Å². The average Bonchev–Trinajstić information content (AvgIpc) is 2.88. The van der Waals surface area contributed by atoms with Crippen molar-refractivity contribution in [3.05, 3.63) is 0 Å². The molecule has 0 unspecified atom stereocenters. The molecule has 0 heterocycles. The summed E-state index contributed by atoms with van der Waals surface area (Å²) >= 11 is 0. The minimum absolute atomic E-state index is 0.0256. The molecule has 0 bridgehead atoms. The van der Waals surface area contributed by atoms with E-state index < -0.39 is 0 Å². The van der Waals surface area contributed by atoms with Crippen molar-refractivity contribution in [2.45, 2.75) is 220 Å². The first-order valence-electron chi connectivity index (χ1n) is 17.0. The first-order valence-corrected chi connectivity index (χ1v) is 17.0. The third-order valence-electron chi connectivity index (χ3n) is 7.56. The van der Waals surface area contributed by atoms with E-state index in [-0.39, 0.29) is 12.2 Å². The molecule has 0 aromatic rings. The number of unbranched alkanes of at least 4 members (excludes halogenated alkanes) is 20. The number of rotatable bonds is 28. The van der Waals surface area contributed by atoms with E-state index >= 15 is 0 Å². The molecule has 0 radical (unpaired) electrons. The fourth-order valence-corrected chi connectivity index (χ4v) is 4.93. The van der Waals surface area contributed by atoms with Gasteiger partial charge >= 0.3 is 0 Å². The molecule has 36 heavy (non-hydrogen) atoms. The molecule has 0 aromatic heterocycles. The van der Waals surface area contributed by atoms with Crippen molar-refractivity contribution in [1.29, 1.82) is 0 Å². The average molecular weight is 513 g/mol. The van der Waals surface area contributed by atoms with Crippen LogP contribution in [0.15, 0.2) is 0 Å².